The summed E-state index contributed by atoms with van der Waals surface area (Å²) in [5.41, 5.74) is 0.447. The molecule has 0 radical (unpaired) electrons. The zero-order chi connectivity index (χ0) is 17.3. The smallest absolute Gasteiger partial charge is 0.257 e. The van der Waals surface area contributed by atoms with Crippen molar-refractivity contribution in [3.8, 4) is 0 Å². The van der Waals surface area contributed by atoms with Gasteiger partial charge < -0.3 is 10.3 Å². The van der Waals surface area contributed by atoms with E-state index in [9.17, 15) is 13.2 Å². The number of hydrogen-bond acceptors (Lipinski definition) is 5. The van der Waals surface area contributed by atoms with Gasteiger partial charge >= 0.3 is 0 Å². The largest absolute Gasteiger partial charge is 0.344 e. The maximum absolute atomic E-state index is 12.3. The minimum atomic E-state index is -3.62. The molecule has 0 bridgehead atoms. The maximum Gasteiger partial charge on any atom is 0.257 e. The Bertz CT molecular complexity index is 809. The fraction of sp³-hybridized carbons (Fsp3) is 0.357. The van der Waals surface area contributed by atoms with Gasteiger partial charge in [-0.1, -0.05) is 0 Å². The normalized spacial score (nSPS) is 12.2. The number of aromatic nitrogens is 3. The highest BCUT2D eigenvalue weighted by Crippen LogP contribution is 2.17. The van der Waals surface area contributed by atoms with Gasteiger partial charge in [0.2, 0.25) is 0 Å². The Morgan fingerprint density at radius 2 is 1.91 bits per heavy atom. The fourth-order valence-corrected chi connectivity index (χ4v) is 2.57. The van der Waals surface area contributed by atoms with E-state index >= 15 is 0 Å². The van der Waals surface area contributed by atoms with Gasteiger partial charge in [-0.05, 0) is 40.0 Å². The molecule has 3 N–H and O–H groups in total. The molecule has 124 valence electrons. The highest BCUT2D eigenvalue weighted by Gasteiger charge is 2.26. The Hall–Kier alpha value is -2.26. The van der Waals surface area contributed by atoms with E-state index in [4.69, 9.17) is 0 Å². The van der Waals surface area contributed by atoms with E-state index in [1.165, 1.54) is 25.4 Å². The maximum atomic E-state index is 12.3. The Balaban J connectivity index is 2.18. The SMILES string of the molecule is CNS(=O)(=O)c1ccc(C(=O)NC(C)(C)c2ncc(C)[nH]2)cn1. The van der Waals surface area contributed by atoms with Crippen LogP contribution in [-0.4, -0.2) is 36.3 Å². The first-order valence-electron chi connectivity index (χ1n) is 6.90. The average molecular weight is 337 g/mol. The van der Waals surface area contributed by atoms with Crippen molar-refractivity contribution < 1.29 is 13.2 Å². The molecule has 0 saturated carbocycles. The summed E-state index contributed by atoms with van der Waals surface area (Å²) in [4.78, 5) is 23.4. The Labute approximate surface area is 134 Å². The van der Waals surface area contributed by atoms with Crippen LogP contribution in [0.1, 0.15) is 35.7 Å². The van der Waals surface area contributed by atoms with Gasteiger partial charge in [0.25, 0.3) is 15.9 Å². The van der Waals surface area contributed by atoms with Crippen LogP contribution >= 0.6 is 0 Å². The van der Waals surface area contributed by atoms with E-state index < -0.39 is 15.6 Å². The summed E-state index contributed by atoms with van der Waals surface area (Å²) in [6.45, 7) is 5.51. The first-order valence-corrected chi connectivity index (χ1v) is 8.38. The molecular weight excluding hydrogens is 318 g/mol. The van der Waals surface area contributed by atoms with Crippen molar-refractivity contribution in [3.63, 3.8) is 0 Å². The number of hydrogen-bond donors (Lipinski definition) is 3. The number of imidazole rings is 1. The van der Waals surface area contributed by atoms with Crippen molar-refractivity contribution >= 4 is 15.9 Å². The minimum absolute atomic E-state index is 0.141. The van der Waals surface area contributed by atoms with Gasteiger partial charge in [0, 0.05) is 18.1 Å². The summed E-state index contributed by atoms with van der Waals surface area (Å²) in [5.74, 6) is 0.260. The second-order valence-corrected chi connectivity index (χ2v) is 7.42. The van der Waals surface area contributed by atoms with E-state index in [2.05, 4.69) is 25.0 Å². The molecule has 2 heterocycles. The van der Waals surface area contributed by atoms with Crippen LogP contribution in [0, 0.1) is 6.92 Å². The first kappa shape index (κ1) is 17.1. The van der Waals surface area contributed by atoms with Crippen molar-refractivity contribution in [2.45, 2.75) is 31.3 Å². The van der Waals surface area contributed by atoms with E-state index in [-0.39, 0.29) is 16.5 Å². The molecule has 0 atom stereocenters. The highest BCUT2D eigenvalue weighted by molar-refractivity contribution is 7.89. The summed E-state index contributed by atoms with van der Waals surface area (Å²) in [6.07, 6.45) is 2.91. The lowest BCUT2D eigenvalue weighted by molar-refractivity contribution is 0.0908. The zero-order valence-electron chi connectivity index (χ0n) is 13.3. The van der Waals surface area contributed by atoms with Gasteiger partial charge in [0.1, 0.15) is 5.82 Å². The van der Waals surface area contributed by atoms with Gasteiger partial charge in [-0.3, -0.25) is 4.79 Å². The first-order chi connectivity index (χ1) is 10.7. The van der Waals surface area contributed by atoms with Gasteiger partial charge in [-0.2, -0.15) is 0 Å². The molecule has 0 spiro atoms. The number of pyridine rings is 1. The lowest BCUT2D eigenvalue weighted by atomic mass is 10.0. The minimum Gasteiger partial charge on any atom is -0.344 e. The number of aromatic amines is 1. The fourth-order valence-electron chi connectivity index (χ4n) is 1.92. The molecule has 8 nitrogen and oxygen atoms in total. The molecule has 9 heteroatoms. The molecular formula is C14H19N5O3S. The molecule has 2 rings (SSSR count). The van der Waals surface area contributed by atoms with Crippen LogP contribution in [0.5, 0.6) is 0 Å². The molecule has 0 fully saturated rings. The van der Waals surface area contributed by atoms with Crippen LogP contribution < -0.4 is 10.0 Å². The summed E-state index contributed by atoms with van der Waals surface area (Å²) in [6, 6.07) is 2.70. The second-order valence-electron chi connectivity index (χ2n) is 5.59. The second kappa shape index (κ2) is 6.09. The molecule has 0 aliphatic carbocycles. The van der Waals surface area contributed by atoms with Crippen LogP contribution in [0.4, 0.5) is 0 Å². The number of amides is 1. The van der Waals surface area contributed by atoms with E-state index in [1.807, 2.05) is 20.8 Å². The monoisotopic (exact) mass is 337 g/mol. The molecule has 0 aromatic carbocycles. The highest BCUT2D eigenvalue weighted by atomic mass is 32.2. The van der Waals surface area contributed by atoms with Crippen LogP contribution in [0.2, 0.25) is 0 Å². The lowest BCUT2D eigenvalue weighted by Crippen LogP contribution is -2.42. The number of sulfonamides is 1. The molecule has 0 aliphatic rings. The molecule has 0 saturated heterocycles. The van der Waals surface area contributed by atoms with Crippen molar-refractivity contribution in [2.24, 2.45) is 0 Å². The predicted octanol–water partition coefficient (Wildman–Crippen LogP) is 0.686. The van der Waals surface area contributed by atoms with Crippen molar-refractivity contribution in [3.05, 3.63) is 41.6 Å². The predicted molar refractivity (Wildman–Crippen MR) is 84.3 cm³/mol. The number of H-pyrrole nitrogens is 1. The van der Waals surface area contributed by atoms with Crippen molar-refractivity contribution in [1.29, 1.82) is 0 Å². The summed E-state index contributed by atoms with van der Waals surface area (Å²) in [7, 11) is -2.33. The quantitative estimate of drug-likeness (QED) is 0.742. The third-order valence-electron chi connectivity index (χ3n) is 3.26. The number of carbonyl (C=O) groups is 1. The topological polar surface area (TPSA) is 117 Å². The van der Waals surface area contributed by atoms with Gasteiger partial charge in [-0.25, -0.2) is 23.1 Å². The van der Waals surface area contributed by atoms with Gasteiger partial charge in [0.15, 0.2) is 5.03 Å². The number of nitrogens with one attached hydrogen (secondary N) is 3. The summed E-state index contributed by atoms with van der Waals surface area (Å²) in [5, 5.41) is 2.70. The summed E-state index contributed by atoms with van der Waals surface area (Å²) >= 11 is 0. The van der Waals surface area contributed by atoms with Crippen LogP contribution in [0.15, 0.2) is 29.6 Å². The van der Waals surface area contributed by atoms with Gasteiger partial charge in [-0.15, -0.1) is 0 Å². The Morgan fingerprint density at radius 3 is 2.39 bits per heavy atom. The Morgan fingerprint density at radius 1 is 1.22 bits per heavy atom. The zero-order valence-corrected chi connectivity index (χ0v) is 14.2. The number of carbonyl (C=O) groups excluding carboxylic acids is 1. The van der Waals surface area contributed by atoms with E-state index in [0.29, 0.717) is 5.82 Å². The summed E-state index contributed by atoms with van der Waals surface area (Å²) < 4.78 is 25.4. The standard InChI is InChI=1S/C14H19N5O3S/c1-9-7-17-13(18-9)14(2,3)19-12(20)10-5-6-11(16-8-10)23(21,22)15-4/h5-8,15H,1-4H3,(H,17,18)(H,19,20). The third kappa shape index (κ3) is 3.74. The molecule has 23 heavy (non-hydrogen) atoms. The Kier molecular flexibility index (Phi) is 4.53. The van der Waals surface area contributed by atoms with Crippen molar-refractivity contribution in [2.75, 3.05) is 7.05 Å². The van der Waals surface area contributed by atoms with Crippen LogP contribution in [0.3, 0.4) is 0 Å². The molecule has 0 unspecified atom stereocenters. The average Bonchev–Trinajstić information content (AvgIpc) is 2.94. The van der Waals surface area contributed by atoms with Crippen LogP contribution in [-0.2, 0) is 15.6 Å². The number of nitrogens with zero attached hydrogens (tertiary/aromatic N) is 2. The van der Waals surface area contributed by atoms with E-state index in [0.717, 1.165) is 5.69 Å². The lowest BCUT2D eigenvalue weighted by Gasteiger charge is -2.24. The number of rotatable bonds is 5. The third-order valence-corrected chi connectivity index (χ3v) is 4.59. The van der Waals surface area contributed by atoms with Crippen molar-refractivity contribution in [1.82, 2.24) is 25.0 Å². The van der Waals surface area contributed by atoms with Crippen LogP contribution in [0.25, 0.3) is 0 Å². The number of aryl methyl sites for hydroxylation is 1. The molecule has 1 amide bonds. The van der Waals surface area contributed by atoms with E-state index in [1.54, 1.807) is 6.20 Å². The molecule has 2 aromatic heterocycles. The molecule has 2 aromatic rings. The van der Waals surface area contributed by atoms with Gasteiger partial charge in [0.05, 0.1) is 11.1 Å². The molecule has 0 aliphatic heterocycles.